The number of ether oxygens (including phenoxy) is 2. The van der Waals surface area contributed by atoms with Crippen LogP contribution in [-0.2, 0) is 18.3 Å². The van der Waals surface area contributed by atoms with Gasteiger partial charge < -0.3 is 9.47 Å². The molecule has 1 spiro atoms. The molecule has 0 bridgehead atoms. The van der Waals surface area contributed by atoms with Gasteiger partial charge in [-0.05, 0) is 31.5 Å². The number of aromatic nitrogens is 2. The summed E-state index contributed by atoms with van der Waals surface area (Å²) in [5.74, 6) is 0.932. The van der Waals surface area contributed by atoms with E-state index in [2.05, 4.69) is 23.0 Å². The maximum Gasteiger partial charge on any atom is 0.125 e. The highest BCUT2D eigenvalue weighted by atomic mass is 16.6. The standard InChI is InChI=1S/C19H25N3O2/c1-15-10-16(20-21(15)2)12-22-9-8-19(14-22)11-18(13-23-19)24-17-6-4-3-5-7-17/h3-7,10,18H,8-9,11-14H2,1-2H3. The highest BCUT2D eigenvalue weighted by Crippen LogP contribution is 2.37. The third-order valence-electron chi connectivity index (χ3n) is 5.17. The molecule has 0 radical (unpaired) electrons. The molecule has 1 aromatic carbocycles. The van der Waals surface area contributed by atoms with Gasteiger partial charge in [0.15, 0.2) is 0 Å². The average Bonchev–Trinajstić information content (AvgIpc) is 3.23. The number of nitrogens with zero attached hydrogens (tertiary/aromatic N) is 3. The van der Waals surface area contributed by atoms with E-state index in [0.29, 0.717) is 6.61 Å². The number of benzene rings is 1. The zero-order valence-electron chi connectivity index (χ0n) is 14.4. The van der Waals surface area contributed by atoms with Crippen LogP contribution in [0.2, 0.25) is 0 Å². The van der Waals surface area contributed by atoms with Crippen LogP contribution in [0.1, 0.15) is 24.2 Å². The second-order valence-electron chi connectivity index (χ2n) is 7.11. The molecule has 5 heteroatoms. The summed E-state index contributed by atoms with van der Waals surface area (Å²) in [6.07, 6.45) is 2.21. The van der Waals surface area contributed by atoms with Gasteiger partial charge in [-0.3, -0.25) is 9.58 Å². The minimum atomic E-state index is -0.0384. The van der Waals surface area contributed by atoms with E-state index in [-0.39, 0.29) is 11.7 Å². The van der Waals surface area contributed by atoms with Gasteiger partial charge in [0.05, 0.1) is 17.9 Å². The normalized spacial score (nSPS) is 27.2. The summed E-state index contributed by atoms with van der Waals surface area (Å²) in [4.78, 5) is 2.45. The largest absolute Gasteiger partial charge is 0.488 e. The lowest BCUT2D eigenvalue weighted by molar-refractivity contribution is 0.00926. The number of para-hydroxylation sites is 1. The Labute approximate surface area is 143 Å². The Morgan fingerprint density at radius 3 is 2.92 bits per heavy atom. The third-order valence-corrected chi connectivity index (χ3v) is 5.17. The first-order chi connectivity index (χ1) is 11.6. The van der Waals surface area contributed by atoms with Crippen molar-refractivity contribution in [1.29, 1.82) is 0 Å². The lowest BCUT2D eigenvalue weighted by Gasteiger charge is -2.23. The maximum absolute atomic E-state index is 6.19. The average molecular weight is 327 g/mol. The van der Waals surface area contributed by atoms with E-state index in [1.807, 2.05) is 42.1 Å². The van der Waals surface area contributed by atoms with Crippen LogP contribution in [0.5, 0.6) is 5.75 Å². The van der Waals surface area contributed by atoms with Gasteiger partial charge in [0.1, 0.15) is 11.9 Å². The highest BCUT2D eigenvalue weighted by molar-refractivity contribution is 5.21. The molecule has 2 saturated heterocycles. The monoisotopic (exact) mass is 327 g/mol. The molecule has 0 aliphatic carbocycles. The molecular formula is C19H25N3O2. The van der Waals surface area contributed by atoms with Gasteiger partial charge in [-0.1, -0.05) is 18.2 Å². The van der Waals surface area contributed by atoms with Gasteiger partial charge in [-0.15, -0.1) is 0 Å². The number of likely N-dealkylation sites (tertiary alicyclic amines) is 1. The Morgan fingerprint density at radius 2 is 2.17 bits per heavy atom. The van der Waals surface area contributed by atoms with E-state index in [9.17, 15) is 0 Å². The van der Waals surface area contributed by atoms with Crippen molar-refractivity contribution in [2.24, 2.45) is 7.05 Å². The summed E-state index contributed by atoms with van der Waals surface area (Å²) in [7, 11) is 2.00. The second-order valence-corrected chi connectivity index (χ2v) is 7.11. The van der Waals surface area contributed by atoms with Crippen LogP contribution in [0, 0.1) is 6.92 Å². The van der Waals surface area contributed by atoms with Crippen LogP contribution < -0.4 is 4.74 Å². The van der Waals surface area contributed by atoms with Crippen molar-refractivity contribution in [3.8, 4) is 5.75 Å². The molecule has 2 unspecified atom stereocenters. The lowest BCUT2D eigenvalue weighted by atomic mass is 9.98. The molecule has 24 heavy (non-hydrogen) atoms. The Balaban J connectivity index is 1.34. The van der Waals surface area contributed by atoms with Crippen molar-refractivity contribution in [3.63, 3.8) is 0 Å². The summed E-state index contributed by atoms with van der Waals surface area (Å²) in [6.45, 7) is 5.71. The molecule has 1 aromatic heterocycles. The molecule has 4 rings (SSSR count). The summed E-state index contributed by atoms with van der Waals surface area (Å²) < 4.78 is 14.2. The van der Waals surface area contributed by atoms with Crippen LogP contribution in [0.15, 0.2) is 36.4 Å². The number of hydrogen-bond donors (Lipinski definition) is 0. The molecule has 2 aliphatic rings. The minimum Gasteiger partial charge on any atom is -0.488 e. The molecule has 5 nitrogen and oxygen atoms in total. The Hall–Kier alpha value is -1.85. The topological polar surface area (TPSA) is 39.5 Å². The van der Waals surface area contributed by atoms with Crippen molar-refractivity contribution in [2.75, 3.05) is 19.7 Å². The summed E-state index contributed by atoms with van der Waals surface area (Å²) in [5, 5.41) is 4.57. The summed E-state index contributed by atoms with van der Waals surface area (Å²) in [6, 6.07) is 12.2. The minimum absolute atomic E-state index is 0.0384. The van der Waals surface area contributed by atoms with Gasteiger partial charge in [0.25, 0.3) is 0 Å². The van der Waals surface area contributed by atoms with E-state index in [0.717, 1.165) is 43.9 Å². The fraction of sp³-hybridized carbons (Fsp3) is 0.526. The number of rotatable bonds is 4. The van der Waals surface area contributed by atoms with E-state index in [1.165, 1.54) is 5.69 Å². The Morgan fingerprint density at radius 1 is 1.33 bits per heavy atom. The zero-order chi connectivity index (χ0) is 16.6. The van der Waals surface area contributed by atoms with E-state index in [4.69, 9.17) is 9.47 Å². The Kier molecular flexibility index (Phi) is 4.06. The fourth-order valence-electron chi connectivity index (χ4n) is 3.86. The summed E-state index contributed by atoms with van der Waals surface area (Å²) in [5.41, 5.74) is 2.30. The molecule has 2 aromatic rings. The number of aryl methyl sites for hydroxylation is 2. The van der Waals surface area contributed by atoms with Crippen molar-refractivity contribution in [2.45, 2.75) is 38.0 Å². The molecule has 128 valence electrons. The van der Waals surface area contributed by atoms with E-state index in [1.54, 1.807) is 0 Å². The van der Waals surface area contributed by atoms with Gasteiger partial charge >= 0.3 is 0 Å². The van der Waals surface area contributed by atoms with Crippen LogP contribution in [0.4, 0.5) is 0 Å². The molecule has 3 heterocycles. The first kappa shape index (κ1) is 15.7. The lowest BCUT2D eigenvalue weighted by Crippen LogP contribution is -2.33. The quantitative estimate of drug-likeness (QED) is 0.865. The predicted octanol–water partition coefficient (Wildman–Crippen LogP) is 2.54. The maximum atomic E-state index is 6.19. The van der Waals surface area contributed by atoms with Gasteiger partial charge in [-0.25, -0.2) is 0 Å². The van der Waals surface area contributed by atoms with Crippen molar-refractivity contribution >= 4 is 0 Å². The highest BCUT2D eigenvalue weighted by Gasteiger charge is 2.46. The van der Waals surface area contributed by atoms with Crippen molar-refractivity contribution < 1.29 is 9.47 Å². The first-order valence-corrected chi connectivity index (χ1v) is 8.69. The third kappa shape index (κ3) is 3.19. The fourth-order valence-corrected chi connectivity index (χ4v) is 3.86. The van der Waals surface area contributed by atoms with E-state index < -0.39 is 0 Å². The SMILES string of the molecule is Cc1cc(CN2CCC3(CC(Oc4ccccc4)CO3)C2)nn1C. The second kappa shape index (κ2) is 6.22. The van der Waals surface area contributed by atoms with Gasteiger partial charge in [0.2, 0.25) is 0 Å². The van der Waals surface area contributed by atoms with Gasteiger partial charge in [-0.2, -0.15) is 5.10 Å². The molecule has 0 N–H and O–H groups in total. The van der Waals surface area contributed by atoms with Crippen LogP contribution in [0.3, 0.4) is 0 Å². The summed E-state index contributed by atoms with van der Waals surface area (Å²) >= 11 is 0. The molecule has 0 saturated carbocycles. The number of hydrogen-bond acceptors (Lipinski definition) is 4. The van der Waals surface area contributed by atoms with Crippen LogP contribution in [0.25, 0.3) is 0 Å². The molecule has 2 atom stereocenters. The zero-order valence-corrected chi connectivity index (χ0v) is 14.4. The molecule has 2 fully saturated rings. The Bertz CT molecular complexity index is 680. The van der Waals surface area contributed by atoms with Crippen LogP contribution in [-0.4, -0.2) is 46.1 Å². The smallest absolute Gasteiger partial charge is 0.125 e. The van der Waals surface area contributed by atoms with Crippen molar-refractivity contribution in [3.05, 3.63) is 47.8 Å². The van der Waals surface area contributed by atoms with Crippen LogP contribution >= 0.6 is 0 Å². The molecular weight excluding hydrogens is 302 g/mol. The van der Waals surface area contributed by atoms with Crippen molar-refractivity contribution in [1.82, 2.24) is 14.7 Å². The predicted molar refractivity (Wildman–Crippen MR) is 92.0 cm³/mol. The molecule has 0 amide bonds. The molecule has 2 aliphatic heterocycles. The van der Waals surface area contributed by atoms with Gasteiger partial charge in [0, 0.05) is 38.8 Å². The van der Waals surface area contributed by atoms with E-state index >= 15 is 0 Å². The first-order valence-electron chi connectivity index (χ1n) is 8.69.